The molecule has 92 valence electrons. The van der Waals surface area contributed by atoms with Crippen LogP contribution in [0, 0.1) is 10.1 Å². The van der Waals surface area contributed by atoms with Crippen LogP contribution in [0.4, 0.5) is 18.9 Å². The maximum atomic E-state index is 12.3. The Bertz CT molecular complexity index is 473. The van der Waals surface area contributed by atoms with Crippen LogP contribution >= 0.6 is 11.6 Å². The van der Waals surface area contributed by atoms with Crippen LogP contribution in [0.2, 0.25) is 0 Å². The minimum absolute atomic E-state index is 0.150. The zero-order valence-electron chi connectivity index (χ0n) is 8.12. The molecule has 0 saturated carbocycles. The van der Waals surface area contributed by atoms with E-state index < -0.39 is 34.0 Å². The van der Waals surface area contributed by atoms with Crippen LogP contribution < -0.4 is 0 Å². The molecule has 17 heavy (non-hydrogen) atoms. The maximum Gasteiger partial charge on any atom is 0.416 e. The molecule has 8 heteroatoms. The summed E-state index contributed by atoms with van der Waals surface area (Å²) in [5, 5.41) is 9.68. The Morgan fingerprint density at radius 1 is 1.41 bits per heavy atom. The molecule has 4 nitrogen and oxygen atoms in total. The van der Waals surface area contributed by atoms with Crippen LogP contribution in [0.5, 0.6) is 0 Å². The van der Waals surface area contributed by atoms with Crippen molar-refractivity contribution in [2.45, 2.75) is 12.6 Å². The Morgan fingerprint density at radius 3 is 2.41 bits per heavy atom. The summed E-state index contributed by atoms with van der Waals surface area (Å²) in [6.45, 7) is 0. The number of carbonyl (C=O) groups is 1. The molecule has 1 aromatic carbocycles. The van der Waals surface area contributed by atoms with Crippen molar-refractivity contribution in [1.82, 2.24) is 0 Å². The molecular formula is C9H5ClF3NO3. The van der Waals surface area contributed by atoms with E-state index in [1.807, 2.05) is 0 Å². The summed E-state index contributed by atoms with van der Waals surface area (Å²) >= 11 is 5.03. The van der Waals surface area contributed by atoms with Gasteiger partial charge < -0.3 is 0 Å². The number of halogens is 4. The second kappa shape index (κ2) is 4.70. The first-order chi connectivity index (χ1) is 7.71. The van der Waals surface area contributed by atoms with E-state index in [0.717, 1.165) is 6.07 Å². The molecule has 0 spiro atoms. The molecule has 0 N–H and O–H groups in total. The summed E-state index contributed by atoms with van der Waals surface area (Å²) in [5.74, 6) is 0. The standard InChI is InChI=1S/C9H5ClF3NO3/c10-8(15)3-5-1-2-6(9(11,12)13)4-7(5)14(16)17/h1-2,4H,3H2. The van der Waals surface area contributed by atoms with Gasteiger partial charge in [0.25, 0.3) is 5.69 Å². The van der Waals surface area contributed by atoms with Gasteiger partial charge in [-0.05, 0) is 17.7 Å². The lowest BCUT2D eigenvalue weighted by Crippen LogP contribution is -2.07. The Labute approximate surface area is 98.1 Å². The van der Waals surface area contributed by atoms with Crippen LogP contribution in [0.3, 0.4) is 0 Å². The van der Waals surface area contributed by atoms with Crippen molar-refractivity contribution in [3.63, 3.8) is 0 Å². The lowest BCUT2D eigenvalue weighted by Gasteiger charge is -2.07. The minimum Gasteiger partial charge on any atom is -0.281 e. The molecule has 0 saturated heterocycles. The van der Waals surface area contributed by atoms with Crippen LogP contribution in [-0.2, 0) is 17.4 Å². The SMILES string of the molecule is O=C(Cl)Cc1ccc(C(F)(F)F)cc1[N+](=O)[O-]. The number of carbonyl (C=O) groups excluding carboxylic acids is 1. The summed E-state index contributed by atoms with van der Waals surface area (Å²) in [4.78, 5) is 20.2. The first-order valence-corrected chi connectivity index (χ1v) is 4.62. The highest BCUT2D eigenvalue weighted by Crippen LogP contribution is 2.33. The Balaban J connectivity index is 3.27. The number of nitro groups is 1. The second-order valence-electron chi connectivity index (χ2n) is 3.13. The molecule has 0 aliphatic heterocycles. The lowest BCUT2D eigenvalue weighted by atomic mass is 10.1. The van der Waals surface area contributed by atoms with Crippen molar-refractivity contribution < 1.29 is 22.9 Å². The van der Waals surface area contributed by atoms with Gasteiger partial charge in [-0.15, -0.1) is 0 Å². The van der Waals surface area contributed by atoms with Gasteiger partial charge in [0.2, 0.25) is 5.24 Å². The van der Waals surface area contributed by atoms with Gasteiger partial charge in [0.15, 0.2) is 0 Å². The predicted molar refractivity (Wildman–Crippen MR) is 52.7 cm³/mol. The molecule has 0 aliphatic rings. The number of hydrogen-bond donors (Lipinski definition) is 0. The molecule has 0 aromatic heterocycles. The zero-order chi connectivity index (χ0) is 13.2. The maximum absolute atomic E-state index is 12.3. The largest absolute Gasteiger partial charge is 0.416 e. The number of rotatable bonds is 3. The Morgan fingerprint density at radius 2 is 2.00 bits per heavy atom. The second-order valence-corrected chi connectivity index (χ2v) is 3.55. The fourth-order valence-corrected chi connectivity index (χ4v) is 1.35. The normalized spacial score (nSPS) is 11.3. The highest BCUT2D eigenvalue weighted by Gasteiger charge is 2.33. The molecule has 0 fully saturated rings. The van der Waals surface area contributed by atoms with Crippen molar-refractivity contribution in [1.29, 1.82) is 0 Å². The molecule has 1 rings (SSSR count). The first-order valence-electron chi connectivity index (χ1n) is 4.24. The lowest BCUT2D eigenvalue weighted by molar-refractivity contribution is -0.385. The first kappa shape index (κ1) is 13.4. The molecule has 0 radical (unpaired) electrons. The molecule has 0 bridgehead atoms. The third-order valence-electron chi connectivity index (χ3n) is 1.94. The van der Waals surface area contributed by atoms with E-state index in [1.165, 1.54) is 0 Å². The van der Waals surface area contributed by atoms with E-state index in [9.17, 15) is 28.1 Å². The van der Waals surface area contributed by atoms with Gasteiger partial charge in [-0.1, -0.05) is 6.07 Å². The van der Waals surface area contributed by atoms with E-state index >= 15 is 0 Å². The third-order valence-corrected chi connectivity index (χ3v) is 2.07. The van der Waals surface area contributed by atoms with Gasteiger partial charge >= 0.3 is 6.18 Å². The molecule has 0 aliphatic carbocycles. The van der Waals surface area contributed by atoms with E-state index in [2.05, 4.69) is 0 Å². The van der Waals surface area contributed by atoms with Crippen molar-refractivity contribution >= 4 is 22.5 Å². The van der Waals surface area contributed by atoms with Gasteiger partial charge in [-0.25, -0.2) is 0 Å². The fraction of sp³-hybridized carbons (Fsp3) is 0.222. The molecule has 0 amide bonds. The fourth-order valence-electron chi connectivity index (χ4n) is 1.21. The Kier molecular flexibility index (Phi) is 3.72. The van der Waals surface area contributed by atoms with Crippen molar-refractivity contribution in [3.8, 4) is 0 Å². The molecule has 0 atom stereocenters. The van der Waals surface area contributed by atoms with Crippen LogP contribution in [-0.4, -0.2) is 10.2 Å². The van der Waals surface area contributed by atoms with E-state index in [0.29, 0.717) is 12.1 Å². The predicted octanol–water partition coefficient (Wildman–Crippen LogP) is 2.92. The zero-order valence-corrected chi connectivity index (χ0v) is 8.88. The number of nitrogens with zero attached hydrogens (tertiary/aromatic N) is 1. The number of nitro benzene ring substituents is 1. The highest BCUT2D eigenvalue weighted by molar-refractivity contribution is 6.63. The van der Waals surface area contributed by atoms with Gasteiger partial charge in [0.05, 0.1) is 16.9 Å². The van der Waals surface area contributed by atoms with Gasteiger partial charge in [-0.3, -0.25) is 14.9 Å². The highest BCUT2D eigenvalue weighted by atomic mass is 35.5. The molecule has 1 aromatic rings. The molecule has 0 heterocycles. The van der Waals surface area contributed by atoms with Crippen LogP contribution in [0.25, 0.3) is 0 Å². The number of benzene rings is 1. The van der Waals surface area contributed by atoms with Gasteiger partial charge in [-0.2, -0.15) is 13.2 Å². The van der Waals surface area contributed by atoms with Crippen molar-refractivity contribution in [2.24, 2.45) is 0 Å². The molecule has 0 unspecified atom stereocenters. The summed E-state index contributed by atoms with van der Waals surface area (Å²) in [7, 11) is 0. The Hall–Kier alpha value is -1.63. The van der Waals surface area contributed by atoms with Gasteiger partial charge in [0.1, 0.15) is 0 Å². The van der Waals surface area contributed by atoms with Crippen LogP contribution in [0.15, 0.2) is 18.2 Å². The minimum atomic E-state index is -4.67. The summed E-state index contributed by atoms with van der Waals surface area (Å²) in [5.41, 5.74) is -2.06. The quantitative estimate of drug-likeness (QED) is 0.480. The van der Waals surface area contributed by atoms with E-state index in [1.54, 1.807) is 0 Å². The van der Waals surface area contributed by atoms with Crippen molar-refractivity contribution in [2.75, 3.05) is 0 Å². The van der Waals surface area contributed by atoms with Crippen LogP contribution in [0.1, 0.15) is 11.1 Å². The van der Waals surface area contributed by atoms with Gasteiger partial charge in [0, 0.05) is 11.6 Å². The average Bonchev–Trinajstić information content (AvgIpc) is 2.15. The monoisotopic (exact) mass is 267 g/mol. The molecular weight excluding hydrogens is 263 g/mol. The third kappa shape index (κ3) is 3.42. The topological polar surface area (TPSA) is 60.2 Å². The van der Waals surface area contributed by atoms with E-state index in [-0.39, 0.29) is 5.56 Å². The summed E-state index contributed by atoms with van der Waals surface area (Å²) in [6, 6.07) is 1.93. The average molecular weight is 268 g/mol. The number of alkyl halides is 3. The number of hydrogen-bond acceptors (Lipinski definition) is 3. The van der Waals surface area contributed by atoms with E-state index in [4.69, 9.17) is 11.6 Å². The summed E-state index contributed by atoms with van der Waals surface area (Å²) in [6.07, 6.45) is -5.16. The smallest absolute Gasteiger partial charge is 0.281 e. The summed E-state index contributed by atoms with van der Waals surface area (Å²) < 4.78 is 36.9. The van der Waals surface area contributed by atoms with Crippen molar-refractivity contribution in [3.05, 3.63) is 39.4 Å².